The molecule has 2 amide bonds. The summed E-state index contributed by atoms with van der Waals surface area (Å²) in [6.45, 7) is 6.37. The number of carbonyl (C=O) groups excluding carboxylic acids is 2. The number of imide groups is 1. The summed E-state index contributed by atoms with van der Waals surface area (Å²) in [5.41, 5.74) is 0.882. The van der Waals surface area contributed by atoms with Crippen LogP contribution >= 0.6 is 0 Å². The lowest BCUT2D eigenvalue weighted by Crippen LogP contribution is -2.47. The van der Waals surface area contributed by atoms with Crippen LogP contribution in [-0.4, -0.2) is 42.3 Å². The monoisotopic (exact) mass is 277 g/mol. The van der Waals surface area contributed by atoms with E-state index in [0.717, 1.165) is 0 Å². The third-order valence-electron chi connectivity index (χ3n) is 3.29. The van der Waals surface area contributed by atoms with Crippen molar-refractivity contribution in [3.05, 3.63) is 35.4 Å². The quantitative estimate of drug-likeness (QED) is 0.590. The van der Waals surface area contributed by atoms with Gasteiger partial charge in [-0.1, -0.05) is 12.1 Å². The molecule has 0 saturated carbocycles. The molecule has 0 aromatic heterocycles. The molecule has 0 aliphatic carbocycles. The summed E-state index contributed by atoms with van der Waals surface area (Å²) in [6.07, 6.45) is -0.604. The number of hydrogen-bond acceptors (Lipinski definition) is 4. The first kappa shape index (κ1) is 14.7. The predicted octanol–water partition coefficient (Wildman–Crippen LogP) is 2.07. The van der Waals surface area contributed by atoms with E-state index in [0.29, 0.717) is 24.3 Å². The summed E-state index contributed by atoms with van der Waals surface area (Å²) in [7, 11) is 0. The second kappa shape index (κ2) is 6.15. The van der Waals surface area contributed by atoms with Crippen molar-refractivity contribution in [1.82, 2.24) is 4.90 Å². The predicted molar refractivity (Wildman–Crippen MR) is 73.4 cm³/mol. The Labute approximate surface area is 118 Å². The molecule has 0 N–H and O–H groups in total. The van der Waals surface area contributed by atoms with Crippen molar-refractivity contribution in [2.24, 2.45) is 0 Å². The summed E-state index contributed by atoms with van der Waals surface area (Å²) >= 11 is 0. The molecule has 0 bridgehead atoms. The number of amides is 2. The SMILES string of the molecule is CCOC(OCC)[C@@H](C)N1C(=O)c2ccccc2C1=O. The van der Waals surface area contributed by atoms with Crippen LogP contribution in [0, 0.1) is 0 Å². The number of fused-ring (bicyclic) bond motifs is 1. The minimum Gasteiger partial charge on any atom is -0.351 e. The fraction of sp³-hybridized carbons (Fsp3) is 0.467. The van der Waals surface area contributed by atoms with Gasteiger partial charge < -0.3 is 9.47 Å². The average molecular weight is 277 g/mol. The standard InChI is InChI=1S/C15H19NO4/c1-4-19-15(20-5-2)10(3)16-13(17)11-8-6-7-9-12(11)14(16)18/h6-10,15H,4-5H2,1-3H3/t10-/m1/s1. The Bertz CT molecular complexity index is 473. The van der Waals surface area contributed by atoms with E-state index in [1.54, 1.807) is 31.2 Å². The van der Waals surface area contributed by atoms with Gasteiger partial charge in [-0.05, 0) is 32.9 Å². The Morgan fingerprint density at radius 1 is 1.00 bits per heavy atom. The van der Waals surface area contributed by atoms with Crippen molar-refractivity contribution in [1.29, 1.82) is 0 Å². The van der Waals surface area contributed by atoms with Crippen LogP contribution in [0.2, 0.25) is 0 Å². The molecular weight excluding hydrogens is 258 g/mol. The molecule has 0 fully saturated rings. The number of hydrogen-bond donors (Lipinski definition) is 0. The molecule has 1 aromatic carbocycles. The van der Waals surface area contributed by atoms with Crippen LogP contribution in [-0.2, 0) is 9.47 Å². The van der Waals surface area contributed by atoms with Crippen LogP contribution in [0.25, 0.3) is 0 Å². The molecule has 0 unspecified atom stereocenters. The van der Waals surface area contributed by atoms with E-state index in [-0.39, 0.29) is 11.8 Å². The molecule has 5 heteroatoms. The maximum absolute atomic E-state index is 12.4. The molecule has 0 saturated heterocycles. The highest BCUT2D eigenvalue weighted by molar-refractivity contribution is 6.21. The minimum atomic E-state index is -0.604. The van der Waals surface area contributed by atoms with Gasteiger partial charge in [-0.15, -0.1) is 0 Å². The van der Waals surface area contributed by atoms with E-state index < -0.39 is 12.3 Å². The molecule has 0 spiro atoms. The second-order valence-electron chi connectivity index (χ2n) is 4.55. The van der Waals surface area contributed by atoms with E-state index in [4.69, 9.17) is 9.47 Å². The van der Waals surface area contributed by atoms with Gasteiger partial charge in [0.15, 0.2) is 6.29 Å². The smallest absolute Gasteiger partial charge is 0.261 e. The van der Waals surface area contributed by atoms with Gasteiger partial charge in [0.25, 0.3) is 11.8 Å². The molecule has 108 valence electrons. The average Bonchev–Trinajstić information content (AvgIpc) is 2.71. The first-order chi connectivity index (χ1) is 9.61. The highest BCUT2D eigenvalue weighted by Crippen LogP contribution is 2.26. The highest BCUT2D eigenvalue weighted by Gasteiger charge is 2.41. The first-order valence-corrected chi connectivity index (χ1v) is 6.81. The van der Waals surface area contributed by atoms with Crippen LogP contribution in [0.1, 0.15) is 41.5 Å². The van der Waals surface area contributed by atoms with E-state index in [1.165, 1.54) is 4.90 Å². The molecule has 1 aromatic rings. The summed E-state index contributed by atoms with van der Waals surface area (Å²) in [5.74, 6) is -0.579. The molecule has 20 heavy (non-hydrogen) atoms. The third kappa shape index (κ3) is 2.46. The summed E-state index contributed by atoms with van der Waals surface area (Å²) in [5, 5.41) is 0. The molecule has 1 aliphatic heterocycles. The van der Waals surface area contributed by atoms with Gasteiger partial charge >= 0.3 is 0 Å². The summed E-state index contributed by atoms with van der Waals surface area (Å²) in [4.78, 5) is 25.9. The van der Waals surface area contributed by atoms with E-state index >= 15 is 0 Å². The van der Waals surface area contributed by atoms with Crippen molar-refractivity contribution in [2.75, 3.05) is 13.2 Å². The molecule has 2 rings (SSSR count). The Morgan fingerprint density at radius 3 is 1.85 bits per heavy atom. The van der Waals surface area contributed by atoms with E-state index in [2.05, 4.69) is 0 Å². The summed E-state index contributed by atoms with van der Waals surface area (Å²) < 4.78 is 11.0. The van der Waals surface area contributed by atoms with Gasteiger partial charge in [0.05, 0.1) is 17.2 Å². The van der Waals surface area contributed by atoms with Crippen LogP contribution in [0.5, 0.6) is 0 Å². The number of ether oxygens (including phenoxy) is 2. The molecule has 0 radical (unpaired) electrons. The van der Waals surface area contributed by atoms with Gasteiger partial charge in [-0.2, -0.15) is 0 Å². The number of nitrogens with zero attached hydrogens (tertiary/aromatic N) is 1. The first-order valence-electron chi connectivity index (χ1n) is 6.81. The second-order valence-corrected chi connectivity index (χ2v) is 4.55. The molecule has 1 heterocycles. The lowest BCUT2D eigenvalue weighted by Gasteiger charge is -2.29. The highest BCUT2D eigenvalue weighted by atomic mass is 16.7. The van der Waals surface area contributed by atoms with Gasteiger partial charge in [-0.3, -0.25) is 14.5 Å². The van der Waals surface area contributed by atoms with Gasteiger partial charge in [0.1, 0.15) is 0 Å². The molecule has 5 nitrogen and oxygen atoms in total. The fourth-order valence-electron chi connectivity index (χ4n) is 2.35. The van der Waals surface area contributed by atoms with Crippen LogP contribution < -0.4 is 0 Å². The Kier molecular flexibility index (Phi) is 4.52. The Hall–Kier alpha value is -1.72. The number of carbonyl (C=O) groups is 2. The largest absolute Gasteiger partial charge is 0.351 e. The molecular formula is C15H19NO4. The van der Waals surface area contributed by atoms with E-state index in [9.17, 15) is 9.59 Å². The van der Waals surface area contributed by atoms with Crippen LogP contribution in [0.15, 0.2) is 24.3 Å². The maximum Gasteiger partial charge on any atom is 0.261 e. The van der Waals surface area contributed by atoms with Crippen molar-refractivity contribution < 1.29 is 19.1 Å². The molecule has 1 aliphatic rings. The Morgan fingerprint density at radius 2 is 1.45 bits per heavy atom. The van der Waals surface area contributed by atoms with Crippen molar-refractivity contribution in [2.45, 2.75) is 33.1 Å². The van der Waals surface area contributed by atoms with E-state index in [1.807, 2.05) is 13.8 Å². The van der Waals surface area contributed by atoms with Crippen LogP contribution in [0.3, 0.4) is 0 Å². The summed E-state index contributed by atoms with van der Waals surface area (Å²) in [6, 6.07) is 6.36. The van der Waals surface area contributed by atoms with Crippen LogP contribution in [0.4, 0.5) is 0 Å². The molecule has 1 atom stereocenters. The zero-order valence-electron chi connectivity index (χ0n) is 12.0. The minimum absolute atomic E-state index is 0.289. The van der Waals surface area contributed by atoms with Gasteiger partial charge in [0, 0.05) is 13.2 Å². The third-order valence-corrected chi connectivity index (χ3v) is 3.29. The fourth-order valence-corrected chi connectivity index (χ4v) is 2.35. The van der Waals surface area contributed by atoms with Gasteiger partial charge in [-0.25, -0.2) is 0 Å². The van der Waals surface area contributed by atoms with Crippen molar-refractivity contribution in [3.8, 4) is 0 Å². The zero-order valence-corrected chi connectivity index (χ0v) is 12.0. The zero-order chi connectivity index (χ0) is 14.7. The number of benzene rings is 1. The lowest BCUT2D eigenvalue weighted by molar-refractivity contribution is -0.161. The normalized spacial score (nSPS) is 15.9. The maximum atomic E-state index is 12.4. The Balaban J connectivity index is 2.25. The van der Waals surface area contributed by atoms with Crippen molar-refractivity contribution >= 4 is 11.8 Å². The lowest BCUT2D eigenvalue weighted by atomic mass is 10.1. The topological polar surface area (TPSA) is 55.8 Å². The van der Waals surface area contributed by atoms with Crippen molar-refractivity contribution in [3.63, 3.8) is 0 Å². The number of rotatable bonds is 6. The van der Waals surface area contributed by atoms with Gasteiger partial charge in [0.2, 0.25) is 0 Å².